The van der Waals surface area contributed by atoms with E-state index in [4.69, 9.17) is 9.47 Å². The fourth-order valence-corrected chi connectivity index (χ4v) is 3.99. The monoisotopic (exact) mass is 432 g/mol. The maximum Gasteiger partial charge on any atom is 0.341 e. The minimum Gasteiger partial charge on any atom is -0.484 e. The Labute approximate surface area is 181 Å². The third-order valence-corrected chi connectivity index (χ3v) is 5.50. The summed E-state index contributed by atoms with van der Waals surface area (Å²) in [5.41, 5.74) is 0.707. The fraction of sp³-hybridized carbons (Fsp3) is 0.409. The van der Waals surface area contributed by atoms with Crippen LogP contribution < -0.4 is 10.1 Å². The highest BCUT2D eigenvalue weighted by atomic mass is 32.1. The van der Waals surface area contributed by atoms with E-state index >= 15 is 0 Å². The van der Waals surface area contributed by atoms with Crippen LogP contribution >= 0.6 is 11.3 Å². The molecular weight excluding hydrogens is 404 g/mol. The SMILES string of the molecule is CCN(CC)C(=O)c1sc(NC(=O)COc2ccccc2)c(C(=O)OC(C)C)c1C. The molecule has 0 bridgehead atoms. The number of hydrogen-bond donors (Lipinski definition) is 1. The van der Waals surface area contributed by atoms with Crippen LogP contribution in [0.4, 0.5) is 5.00 Å². The Morgan fingerprint density at radius 1 is 1.10 bits per heavy atom. The number of nitrogens with one attached hydrogen (secondary N) is 1. The molecule has 0 spiro atoms. The van der Waals surface area contributed by atoms with Crippen molar-refractivity contribution in [1.29, 1.82) is 0 Å². The van der Waals surface area contributed by atoms with Gasteiger partial charge in [-0.2, -0.15) is 0 Å². The molecule has 162 valence electrons. The molecule has 30 heavy (non-hydrogen) atoms. The molecule has 8 heteroatoms. The second kappa shape index (κ2) is 10.8. The van der Waals surface area contributed by atoms with Crippen LogP contribution in [0.25, 0.3) is 0 Å². The molecule has 0 atom stereocenters. The first kappa shape index (κ1) is 23.4. The Morgan fingerprint density at radius 3 is 2.30 bits per heavy atom. The molecule has 1 N–H and O–H groups in total. The number of para-hydroxylation sites is 1. The third-order valence-electron chi connectivity index (χ3n) is 4.30. The Bertz CT molecular complexity index is 888. The normalized spacial score (nSPS) is 10.6. The van der Waals surface area contributed by atoms with Crippen molar-refractivity contribution >= 4 is 34.1 Å². The summed E-state index contributed by atoms with van der Waals surface area (Å²) >= 11 is 1.08. The van der Waals surface area contributed by atoms with Crippen molar-refractivity contribution < 1.29 is 23.9 Å². The van der Waals surface area contributed by atoms with Crippen LogP contribution in [0.1, 0.15) is 53.3 Å². The standard InChI is InChI=1S/C22H28N2O5S/c1-6-24(7-2)21(26)19-15(5)18(22(27)29-14(3)4)20(30-19)23-17(25)13-28-16-11-9-8-10-12-16/h8-12,14H,6-7,13H2,1-5H3,(H,23,25). The highest BCUT2D eigenvalue weighted by molar-refractivity contribution is 7.18. The van der Waals surface area contributed by atoms with E-state index in [1.54, 1.807) is 49.9 Å². The molecule has 1 aromatic heterocycles. The molecule has 0 unspecified atom stereocenters. The van der Waals surface area contributed by atoms with Gasteiger partial charge in [-0.1, -0.05) is 18.2 Å². The first-order valence-corrected chi connectivity index (χ1v) is 10.7. The zero-order valence-corrected chi connectivity index (χ0v) is 18.8. The Kier molecular flexibility index (Phi) is 8.41. The van der Waals surface area contributed by atoms with Gasteiger partial charge in [-0.15, -0.1) is 11.3 Å². The summed E-state index contributed by atoms with van der Waals surface area (Å²) < 4.78 is 10.8. The van der Waals surface area contributed by atoms with Gasteiger partial charge in [0.1, 0.15) is 10.8 Å². The molecule has 1 aromatic carbocycles. The summed E-state index contributed by atoms with van der Waals surface area (Å²) in [7, 11) is 0. The van der Waals surface area contributed by atoms with Gasteiger partial charge in [0.15, 0.2) is 6.61 Å². The molecule has 0 aliphatic heterocycles. The number of carbonyl (C=O) groups is 3. The third kappa shape index (κ3) is 5.82. The number of hydrogen-bond acceptors (Lipinski definition) is 6. The predicted molar refractivity (Wildman–Crippen MR) is 117 cm³/mol. The van der Waals surface area contributed by atoms with E-state index in [0.29, 0.717) is 29.3 Å². The summed E-state index contributed by atoms with van der Waals surface area (Å²) in [4.78, 5) is 40.1. The number of benzene rings is 1. The minimum absolute atomic E-state index is 0.179. The lowest BCUT2D eigenvalue weighted by atomic mass is 10.1. The maximum absolute atomic E-state index is 12.9. The van der Waals surface area contributed by atoms with Crippen molar-refractivity contribution in [3.8, 4) is 5.75 Å². The lowest BCUT2D eigenvalue weighted by Crippen LogP contribution is -2.30. The van der Waals surface area contributed by atoms with Gasteiger partial charge in [-0.3, -0.25) is 9.59 Å². The van der Waals surface area contributed by atoms with Gasteiger partial charge in [0.05, 0.1) is 16.5 Å². The summed E-state index contributed by atoms with van der Waals surface area (Å²) in [6, 6.07) is 8.95. The van der Waals surface area contributed by atoms with Crippen molar-refractivity contribution in [2.24, 2.45) is 0 Å². The van der Waals surface area contributed by atoms with E-state index in [2.05, 4.69) is 5.32 Å². The second-order valence-corrected chi connectivity index (χ2v) is 7.86. The van der Waals surface area contributed by atoms with Crippen LogP contribution in [0.5, 0.6) is 5.75 Å². The van der Waals surface area contributed by atoms with Crippen molar-refractivity contribution in [3.63, 3.8) is 0 Å². The lowest BCUT2D eigenvalue weighted by Gasteiger charge is -2.18. The molecule has 0 saturated carbocycles. The van der Waals surface area contributed by atoms with Gasteiger partial charge < -0.3 is 19.7 Å². The summed E-state index contributed by atoms with van der Waals surface area (Å²) in [5.74, 6) is -0.619. The molecule has 0 fully saturated rings. The first-order valence-electron chi connectivity index (χ1n) is 9.89. The van der Waals surface area contributed by atoms with Crippen molar-refractivity contribution in [2.45, 2.75) is 40.7 Å². The van der Waals surface area contributed by atoms with Crippen LogP contribution in [0.3, 0.4) is 0 Å². The highest BCUT2D eigenvalue weighted by Crippen LogP contribution is 2.35. The number of ether oxygens (including phenoxy) is 2. The zero-order chi connectivity index (χ0) is 22.3. The maximum atomic E-state index is 12.9. The number of amides is 2. The summed E-state index contributed by atoms with van der Waals surface area (Å²) in [6.45, 7) is 9.83. The Balaban J connectivity index is 2.29. The zero-order valence-electron chi connectivity index (χ0n) is 18.0. The van der Waals surface area contributed by atoms with E-state index in [1.165, 1.54) is 0 Å². The lowest BCUT2D eigenvalue weighted by molar-refractivity contribution is -0.118. The Hall–Kier alpha value is -2.87. The largest absolute Gasteiger partial charge is 0.484 e. The van der Waals surface area contributed by atoms with Crippen molar-refractivity contribution in [1.82, 2.24) is 4.90 Å². The van der Waals surface area contributed by atoms with Gasteiger partial charge in [0.25, 0.3) is 11.8 Å². The van der Waals surface area contributed by atoms with E-state index in [-0.39, 0.29) is 29.2 Å². The number of anilines is 1. The van der Waals surface area contributed by atoms with Crippen LogP contribution in [-0.2, 0) is 9.53 Å². The van der Waals surface area contributed by atoms with Gasteiger partial charge in [-0.25, -0.2) is 4.79 Å². The Morgan fingerprint density at radius 2 is 1.73 bits per heavy atom. The molecule has 2 aromatic rings. The van der Waals surface area contributed by atoms with Crippen LogP contribution in [0, 0.1) is 6.92 Å². The number of nitrogens with zero attached hydrogens (tertiary/aromatic N) is 1. The molecule has 0 saturated heterocycles. The van der Waals surface area contributed by atoms with Crippen molar-refractivity contribution in [3.05, 3.63) is 46.3 Å². The van der Waals surface area contributed by atoms with E-state index in [1.807, 2.05) is 19.9 Å². The average Bonchev–Trinajstić information content (AvgIpc) is 3.03. The van der Waals surface area contributed by atoms with Crippen molar-refractivity contribution in [2.75, 3.05) is 25.0 Å². The number of carbonyl (C=O) groups excluding carboxylic acids is 3. The van der Waals surface area contributed by atoms with Crippen LogP contribution in [0.2, 0.25) is 0 Å². The number of esters is 1. The van der Waals surface area contributed by atoms with Gasteiger partial charge in [0, 0.05) is 13.1 Å². The number of rotatable bonds is 9. The van der Waals surface area contributed by atoms with E-state index in [9.17, 15) is 14.4 Å². The molecule has 0 radical (unpaired) electrons. The summed E-state index contributed by atoms with van der Waals surface area (Å²) in [6.07, 6.45) is -0.330. The molecule has 0 aliphatic rings. The van der Waals surface area contributed by atoms with Gasteiger partial charge >= 0.3 is 5.97 Å². The molecule has 0 aliphatic carbocycles. The van der Waals surface area contributed by atoms with E-state index < -0.39 is 11.9 Å². The minimum atomic E-state index is -0.573. The number of thiophene rings is 1. The molecule has 1 heterocycles. The van der Waals surface area contributed by atoms with Crippen LogP contribution in [-0.4, -0.2) is 48.5 Å². The molecule has 7 nitrogen and oxygen atoms in total. The predicted octanol–water partition coefficient (Wildman–Crippen LogP) is 4.12. The molecular formula is C22H28N2O5S. The fourth-order valence-electron chi connectivity index (χ4n) is 2.81. The first-order chi connectivity index (χ1) is 14.3. The molecule has 2 rings (SSSR count). The topological polar surface area (TPSA) is 84.9 Å². The second-order valence-electron chi connectivity index (χ2n) is 6.84. The smallest absolute Gasteiger partial charge is 0.341 e. The van der Waals surface area contributed by atoms with Gasteiger partial charge in [-0.05, 0) is 52.3 Å². The van der Waals surface area contributed by atoms with Gasteiger partial charge in [0.2, 0.25) is 0 Å². The molecule has 2 amide bonds. The highest BCUT2D eigenvalue weighted by Gasteiger charge is 2.28. The van der Waals surface area contributed by atoms with Crippen LogP contribution in [0.15, 0.2) is 30.3 Å². The summed E-state index contributed by atoms with van der Waals surface area (Å²) in [5, 5.41) is 3.00. The quantitative estimate of drug-likeness (QED) is 0.603. The average molecular weight is 433 g/mol. The van der Waals surface area contributed by atoms with E-state index in [0.717, 1.165) is 11.3 Å².